The summed E-state index contributed by atoms with van der Waals surface area (Å²) in [4.78, 5) is 4.16. The van der Waals surface area contributed by atoms with E-state index in [4.69, 9.17) is 17.3 Å². The third-order valence-corrected chi connectivity index (χ3v) is 3.21. The highest BCUT2D eigenvalue weighted by molar-refractivity contribution is 6.29. The first-order valence-electron chi connectivity index (χ1n) is 6.31. The van der Waals surface area contributed by atoms with Crippen molar-refractivity contribution in [2.45, 2.75) is 26.3 Å². The van der Waals surface area contributed by atoms with E-state index in [9.17, 15) is 0 Å². The van der Waals surface area contributed by atoms with Gasteiger partial charge in [0.05, 0.1) is 5.69 Å². The maximum atomic E-state index is 5.85. The number of hydrogen-bond donors (Lipinski definition) is 2. The van der Waals surface area contributed by atoms with Crippen LogP contribution >= 0.6 is 11.6 Å². The Labute approximate surface area is 118 Å². The molecule has 100 valence electrons. The van der Waals surface area contributed by atoms with Crippen LogP contribution in [-0.4, -0.2) is 4.98 Å². The molecule has 0 saturated carbocycles. The molecule has 0 amide bonds. The van der Waals surface area contributed by atoms with Crippen molar-refractivity contribution in [1.29, 1.82) is 0 Å². The van der Waals surface area contributed by atoms with E-state index in [1.165, 1.54) is 11.1 Å². The number of anilines is 2. The Kier molecular flexibility index (Phi) is 4.27. The van der Waals surface area contributed by atoms with Crippen LogP contribution in [0.25, 0.3) is 0 Å². The normalized spacial score (nSPS) is 10.7. The number of rotatable bonds is 4. The summed E-state index contributed by atoms with van der Waals surface area (Å²) < 4.78 is 0. The SMILES string of the molecule is CC(C)c1ccc(CNc2nc(Cl)ccc2N)cc1. The van der Waals surface area contributed by atoms with Gasteiger partial charge in [-0.1, -0.05) is 49.7 Å². The molecule has 1 heterocycles. The Balaban J connectivity index is 2.04. The lowest BCUT2D eigenvalue weighted by Crippen LogP contribution is -2.04. The van der Waals surface area contributed by atoms with Crippen molar-refractivity contribution in [2.24, 2.45) is 0 Å². The van der Waals surface area contributed by atoms with Crippen molar-refractivity contribution in [3.8, 4) is 0 Å². The average molecular weight is 276 g/mol. The van der Waals surface area contributed by atoms with E-state index in [0.29, 0.717) is 29.1 Å². The molecule has 1 aromatic heterocycles. The largest absolute Gasteiger partial charge is 0.396 e. The molecule has 0 fully saturated rings. The quantitative estimate of drug-likeness (QED) is 0.828. The van der Waals surface area contributed by atoms with E-state index in [1.807, 2.05) is 0 Å². The molecule has 2 aromatic rings. The number of nitrogens with two attached hydrogens (primary N) is 1. The summed E-state index contributed by atoms with van der Waals surface area (Å²) in [7, 11) is 0. The van der Waals surface area contributed by atoms with Crippen LogP contribution in [0.4, 0.5) is 11.5 Å². The second kappa shape index (κ2) is 5.93. The highest BCUT2D eigenvalue weighted by Crippen LogP contribution is 2.20. The Morgan fingerprint density at radius 2 is 1.84 bits per heavy atom. The predicted molar refractivity (Wildman–Crippen MR) is 81.5 cm³/mol. The molecule has 0 spiro atoms. The van der Waals surface area contributed by atoms with Gasteiger partial charge in [0.25, 0.3) is 0 Å². The molecular formula is C15H18ClN3. The zero-order chi connectivity index (χ0) is 13.8. The van der Waals surface area contributed by atoms with Crippen LogP contribution in [0.5, 0.6) is 0 Å². The van der Waals surface area contributed by atoms with Crippen LogP contribution in [0.15, 0.2) is 36.4 Å². The fraction of sp³-hybridized carbons (Fsp3) is 0.267. The molecule has 3 N–H and O–H groups in total. The van der Waals surface area contributed by atoms with E-state index >= 15 is 0 Å². The molecule has 2 rings (SSSR count). The molecule has 0 unspecified atom stereocenters. The zero-order valence-electron chi connectivity index (χ0n) is 11.2. The van der Waals surface area contributed by atoms with Gasteiger partial charge in [0.15, 0.2) is 5.82 Å². The average Bonchev–Trinajstić information content (AvgIpc) is 2.40. The van der Waals surface area contributed by atoms with Crippen LogP contribution in [0.1, 0.15) is 30.9 Å². The van der Waals surface area contributed by atoms with Crippen LogP contribution in [0.2, 0.25) is 5.15 Å². The van der Waals surface area contributed by atoms with E-state index in [1.54, 1.807) is 12.1 Å². The first kappa shape index (κ1) is 13.7. The van der Waals surface area contributed by atoms with Gasteiger partial charge in [-0.2, -0.15) is 0 Å². The van der Waals surface area contributed by atoms with Crippen molar-refractivity contribution in [3.05, 3.63) is 52.7 Å². The van der Waals surface area contributed by atoms with Crippen LogP contribution < -0.4 is 11.1 Å². The van der Waals surface area contributed by atoms with E-state index in [0.717, 1.165) is 0 Å². The summed E-state index contributed by atoms with van der Waals surface area (Å²) in [5, 5.41) is 3.64. The summed E-state index contributed by atoms with van der Waals surface area (Å²) in [6.07, 6.45) is 0. The molecule has 0 aliphatic heterocycles. The van der Waals surface area contributed by atoms with Crippen molar-refractivity contribution in [2.75, 3.05) is 11.1 Å². The first-order valence-corrected chi connectivity index (χ1v) is 6.69. The minimum absolute atomic E-state index is 0.437. The van der Waals surface area contributed by atoms with Crippen molar-refractivity contribution in [1.82, 2.24) is 4.98 Å². The fourth-order valence-electron chi connectivity index (χ4n) is 1.79. The fourth-order valence-corrected chi connectivity index (χ4v) is 1.94. The Morgan fingerprint density at radius 1 is 1.16 bits per heavy atom. The first-order chi connectivity index (χ1) is 9.06. The van der Waals surface area contributed by atoms with Gasteiger partial charge in [-0.3, -0.25) is 0 Å². The topological polar surface area (TPSA) is 50.9 Å². The van der Waals surface area contributed by atoms with Crippen molar-refractivity contribution >= 4 is 23.1 Å². The van der Waals surface area contributed by atoms with Gasteiger partial charge >= 0.3 is 0 Å². The summed E-state index contributed by atoms with van der Waals surface area (Å²) >= 11 is 5.85. The van der Waals surface area contributed by atoms with Crippen LogP contribution in [0, 0.1) is 0 Å². The third-order valence-electron chi connectivity index (χ3n) is 3.00. The molecule has 4 heteroatoms. The summed E-state index contributed by atoms with van der Waals surface area (Å²) in [6, 6.07) is 12.0. The lowest BCUT2D eigenvalue weighted by molar-refractivity contribution is 0.865. The van der Waals surface area contributed by atoms with Gasteiger partial charge in [-0.15, -0.1) is 0 Å². The molecule has 0 bridgehead atoms. The van der Waals surface area contributed by atoms with Gasteiger partial charge in [-0.25, -0.2) is 4.98 Å². The smallest absolute Gasteiger partial charge is 0.151 e. The Bertz CT molecular complexity index is 550. The molecular weight excluding hydrogens is 258 g/mol. The third kappa shape index (κ3) is 3.61. The molecule has 0 radical (unpaired) electrons. The van der Waals surface area contributed by atoms with Gasteiger partial charge in [0, 0.05) is 6.54 Å². The number of hydrogen-bond acceptors (Lipinski definition) is 3. The maximum absolute atomic E-state index is 5.85. The number of pyridine rings is 1. The van der Waals surface area contributed by atoms with E-state index in [2.05, 4.69) is 48.4 Å². The Morgan fingerprint density at radius 3 is 2.47 bits per heavy atom. The predicted octanol–water partition coefficient (Wildman–Crippen LogP) is 4.05. The van der Waals surface area contributed by atoms with Gasteiger partial charge < -0.3 is 11.1 Å². The molecule has 3 nitrogen and oxygen atoms in total. The summed E-state index contributed by atoms with van der Waals surface area (Å²) in [5.41, 5.74) is 8.96. The summed E-state index contributed by atoms with van der Waals surface area (Å²) in [6.45, 7) is 5.05. The number of benzene rings is 1. The number of nitrogens with one attached hydrogen (secondary N) is 1. The highest BCUT2D eigenvalue weighted by atomic mass is 35.5. The van der Waals surface area contributed by atoms with Crippen molar-refractivity contribution in [3.63, 3.8) is 0 Å². The van der Waals surface area contributed by atoms with Crippen LogP contribution in [-0.2, 0) is 6.54 Å². The lowest BCUT2D eigenvalue weighted by Gasteiger charge is -2.10. The molecule has 0 saturated heterocycles. The van der Waals surface area contributed by atoms with Gasteiger partial charge in [0.2, 0.25) is 0 Å². The van der Waals surface area contributed by atoms with Crippen molar-refractivity contribution < 1.29 is 0 Å². The molecule has 1 aromatic carbocycles. The standard InChI is InChI=1S/C15H18ClN3/c1-10(2)12-5-3-11(4-6-12)9-18-15-13(17)7-8-14(16)19-15/h3-8,10H,9,17H2,1-2H3,(H,18,19). The minimum Gasteiger partial charge on any atom is -0.396 e. The van der Waals surface area contributed by atoms with Gasteiger partial charge in [-0.05, 0) is 29.2 Å². The highest BCUT2D eigenvalue weighted by Gasteiger charge is 2.03. The second-order valence-corrected chi connectivity index (χ2v) is 5.21. The van der Waals surface area contributed by atoms with E-state index < -0.39 is 0 Å². The number of aromatic nitrogens is 1. The number of nitrogens with zero attached hydrogens (tertiary/aromatic N) is 1. The lowest BCUT2D eigenvalue weighted by atomic mass is 10.0. The molecule has 19 heavy (non-hydrogen) atoms. The monoisotopic (exact) mass is 275 g/mol. The summed E-state index contributed by atoms with van der Waals surface area (Å²) in [5.74, 6) is 1.17. The maximum Gasteiger partial charge on any atom is 0.151 e. The van der Waals surface area contributed by atoms with Gasteiger partial charge in [0.1, 0.15) is 5.15 Å². The zero-order valence-corrected chi connectivity index (χ0v) is 11.9. The van der Waals surface area contributed by atoms with Crippen LogP contribution in [0.3, 0.4) is 0 Å². The number of nitrogen functional groups attached to an aromatic ring is 1. The second-order valence-electron chi connectivity index (χ2n) is 4.82. The van der Waals surface area contributed by atoms with E-state index in [-0.39, 0.29) is 0 Å². The molecule has 0 atom stereocenters. The minimum atomic E-state index is 0.437. The Hall–Kier alpha value is -1.74. The number of halogens is 1. The molecule has 0 aliphatic rings. The molecule has 0 aliphatic carbocycles.